The van der Waals surface area contributed by atoms with Crippen LogP contribution in [0.2, 0.25) is 0 Å². The van der Waals surface area contributed by atoms with E-state index in [2.05, 4.69) is 10.8 Å². The Kier molecular flexibility index (Phi) is 6.32. The second-order valence-electron chi connectivity index (χ2n) is 7.44. The van der Waals surface area contributed by atoms with Crippen LogP contribution in [-0.4, -0.2) is 66.4 Å². The molecule has 0 aliphatic carbocycles. The van der Waals surface area contributed by atoms with E-state index < -0.39 is 5.60 Å². The van der Waals surface area contributed by atoms with Crippen molar-refractivity contribution in [3.8, 4) is 12.3 Å². The maximum atomic E-state index is 12.8. The molecule has 5 nitrogen and oxygen atoms in total. The normalized spacial score (nSPS) is 21.7. The Morgan fingerprint density at radius 2 is 1.78 bits per heavy atom. The monoisotopic (exact) mass is 322 g/mol. The summed E-state index contributed by atoms with van der Waals surface area (Å²) in [5.74, 6) is 2.70. The minimum absolute atomic E-state index is 0.181. The average molecular weight is 322 g/mol. The highest BCUT2D eigenvalue weighted by atomic mass is 16.6. The molecule has 0 aromatic rings. The minimum atomic E-state index is -0.468. The summed E-state index contributed by atoms with van der Waals surface area (Å²) in [6.45, 7) is 9.78. The number of terminal acetylenes is 1. The number of hydrogen-bond donors (Lipinski definition) is 0. The smallest absolute Gasteiger partial charge is 0.410 e. The Bertz CT molecular complexity index is 425. The van der Waals surface area contributed by atoms with Crippen molar-refractivity contribution < 1.29 is 14.3 Å². The van der Waals surface area contributed by atoms with E-state index in [9.17, 15) is 4.79 Å². The second kappa shape index (κ2) is 8.03. The number of ether oxygens (including phenoxy) is 2. The molecular formula is C18H30N2O3. The van der Waals surface area contributed by atoms with Gasteiger partial charge in [-0.25, -0.2) is 4.79 Å². The van der Waals surface area contributed by atoms with Crippen molar-refractivity contribution in [2.24, 2.45) is 0 Å². The summed E-state index contributed by atoms with van der Waals surface area (Å²) in [5.41, 5.74) is -0.468. The summed E-state index contributed by atoms with van der Waals surface area (Å²) < 4.78 is 11.1. The Morgan fingerprint density at radius 1 is 1.22 bits per heavy atom. The maximum Gasteiger partial charge on any atom is 0.410 e. The summed E-state index contributed by atoms with van der Waals surface area (Å²) in [6, 6.07) is 0.463. The van der Waals surface area contributed by atoms with Crippen LogP contribution in [0.15, 0.2) is 0 Å². The van der Waals surface area contributed by atoms with Crippen molar-refractivity contribution in [1.29, 1.82) is 0 Å². The molecule has 0 aromatic heterocycles. The molecule has 2 aliphatic rings. The number of piperidine rings is 1. The van der Waals surface area contributed by atoms with E-state index in [0.717, 1.165) is 52.0 Å². The molecule has 0 aromatic carbocycles. The fraction of sp³-hybridized carbons (Fsp3) is 0.833. The number of rotatable bonds is 3. The van der Waals surface area contributed by atoms with Crippen molar-refractivity contribution in [2.45, 2.75) is 64.1 Å². The summed E-state index contributed by atoms with van der Waals surface area (Å²) in [5, 5.41) is 0. The zero-order chi connectivity index (χ0) is 16.9. The topological polar surface area (TPSA) is 42.0 Å². The van der Waals surface area contributed by atoms with Crippen LogP contribution in [0.5, 0.6) is 0 Å². The van der Waals surface area contributed by atoms with E-state index in [-0.39, 0.29) is 18.2 Å². The number of nitrogens with zero attached hydrogens (tertiary/aromatic N) is 2. The lowest BCUT2D eigenvalue weighted by atomic mass is 9.98. The van der Waals surface area contributed by atoms with Gasteiger partial charge in [-0.1, -0.05) is 5.92 Å². The molecule has 0 spiro atoms. The van der Waals surface area contributed by atoms with Gasteiger partial charge in [-0.2, -0.15) is 0 Å². The Balaban J connectivity index is 2.04. The highest BCUT2D eigenvalue weighted by Gasteiger charge is 2.36. The van der Waals surface area contributed by atoms with Gasteiger partial charge < -0.3 is 14.4 Å². The second-order valence-corrected chi connectivity index (χ2v) is 7.44. The molecule has 0 bridgehead atoms. The van der Waals surface area contributed by atoms with Crippen LogP contribution in [0.1, 0.15) is 46.5 Å². The van der Waals surface area contributed by atoms with Gasteiger partial charge in [-0.05, 0) is 46.5 Å². The van der Waals surface area contributed by atoms with Gasteiger partial charge in [-0.15, -0.1) is 6.42 Å². The first-order chi connectivity index (χ1) is 10.9. The van der Waals surface area contributed by atoms with Gasteiger partial charge in [0.2, 0.25) is 0 Å². The van der Waals surface area contributed by atoms with Crippen LogP contribution in [0.4, 0.5) is 4.79 Å². The number of amides is 1. The van der Waals surface area contributed by atoms with Crippen LogP contribution >= 0.6 is 0 Å². The number of hydrogen-bond acceptors (Lipinski definition) is 4. The van der Waals surface area contributed by atoms with Gasteiger partial charge >= 0.3 is 6.09 Å². The standard InChI is InChI=1S/C18H30N2O3/c1-5-10-19-11-6-15(7-12-19)20(16-8-13-22-14-9-16)17(21)23-18(2,3)4/h1,15-16H,6-14H2,2-4H3. The predicted molar refractivity (Wildman–Crippen MR) is 90.2 cm³/mol. The predicted octanol–water partition coefficient (Wildman–Crippen LogP) is 2.50. The third kappa shape index (κ3) is 5.40. The van der Waals surface area contributed by atoms with Crippen molar-refractivity contribution in [3.05, 3.63) is 0 Å². The van der Waals surface area contributed by atoms with E-state index >= 15 is 0 Å². The first-order valence-corrected chi connectivity index (χ1v) is 8.65. The molecule has 0 saturated carbocycles. The summed E-state index contributed by atoms with van der Waals surface area (Å²) in [6.07, 6.45) is 8.92. The SMILES string of the molecule is C#CCN1CCC(N(C(=O)OC(C)(C)C)C2CCOCC2)CC1. The van der Waals surface area contributed by atoms with Gasteiger partial charge in [0.1, 0.15) is 5.60 Å². The number of carbonyl (C=O) groups excluding carboxylic acids is 1. The van der Waals surface area contributed by atoms with Gasteiger partial charge in [0.05, 0.1) is 6.54 Å². The third-order valence-corrected chi connectivity index (χ3v) is 4.45. The van der Waals surface area contributed by atoms with Gasteiger partial charge in [0.15, 0.2) is 0 Å². The minimum Gasteiger partial charge on any atom is -0.444 e. The van der Waals surface area contributed by atoms with Crippen LogP contribution in [0.3, 0.4) is 0 Å². The molecule has 0 unspecified atom stereocenters. The molecule has 2 fully saturated rings. The molecule has 2 aliphatic heterocycles. The molecule has 0 N–H and O–H groups in total. The summed E-state index contributed by atoms with van der Waals surface area (Å²) in [7, 11) is 0. The Morgan fingerprint density at radius 3 is 2.30 bits per heavy atom. The molecule has 5 heteroatoms. The molecule has 2 saturated heterocycles. The van der Waals surface area contributed by atoms with Crippen LogP contribution in [0.25, 0.3) is 0 Å². The largest absolute Gasteiger partial charge is 0.444 e. The Labute approximate surface area is 140 Å². The van der Waals surface area contributed by atoms with Gasteiger partial charge in [-0.3, -0.25) is 4.90 Å². The van der Waals surface area contributed by atoms with Crippen molar-refractivity contribution in [3.63, 3.8) is 0 Å². The molecule has 1 amide bonds. The van der Waals surface area contributed by atoms with E-state index in [0.29, 0.717) is 6.54 Å². The zero-order valence-electron chi connectivity index (χ0n) is 14.7. The van der Waals surface area contributed by atoms with Crippen LogP contribution in [-0.2, 0) is 9.47 Å². The quantitative estimate of drug-likeness (QED) is 0.749. The maximum absolute atomic E-state index is 12.8. The Hall–Kier alpha value is -1.25. The van der Waals surface area contributed by atoms with E-state index in [1.165, 1.54) is 0 Å². The average Bonchev–Trinajstić information content (AvgIpc) is 2.49. The highest BCUT2D eigenvalue weighted by Crippen LogP contribution is 2.26. The lowest BCUT2D eigenvalue weighted by Crippen LogP contribution is -2.54. The van der Waals surface area contributed by atoms with E-state index in [1.54, 1.807) is 0 Å². The highest BCUT2D eigenvalue weighted by molar-refractivity contribution is 5.69. The lowest BCUT2D eigenvalue weighted by Gasteiger charge is -2.43. The summed E-state index contributed by atoms with van der Waals surface area (Å²) in [4.78, 5) is 17.1. The molecule has 0 radical (unpaired) electrons. The molecule has 23 heavy (non-hydrogen) atoms. The zero-order valence-corrected chi connectivity index (χ0v) is 14.7. The lowest BCUT2D eigenvalue weighted by molar-refractivity contribution is -0.0265. The van der Waals surface area contributed by atoms with E-state index in [1.807, 2.05) is 25.7 Å². The van der Waals surface area contributed by atoms with Crippen LogP contribution < -0.4 is 0 Å². The fourth-order valence-electron chi connectivity index (χ4n) is 3.36. The molecule has 130 valence electrons. The van der Waals surface area contributed by atoms with Crippen LogP contribution in [0, 0.1) is 12.3 Å². The third-order valence-electron chi connectivity index (χ3n) is 4.45. The molecule has 2 rings (SSSR count). The van der Waals surface area contributed by atoms with E-state index in [4.69, 9.17) is 15.9 Å². The molecular weight excluding hydrogens is 292 g/mol. The van der Waals surface area contributed by atoms with Gasteiger partial charge in [0.25, 0.3) is 0 Å². The molecule has 0 atom stereocenters. The number of carbonyl (C=O) groups is 1. The van der Waals surface area contributed by atoms with Crippen molar-refractivity contribution >= 4 is 6.09 Å². The first kappa shape index (κ1) is 18.1. The van der Waals surface area contributed by atoms with Gasteiger partial charge in [0, 0.05) is 38.4 Å². The number of likely N-dealkylation sites (tertiary alicyclic amines) is 1. The van der Waals surface area contributed by atoms with Crippen molar-refractivity contribution in [1.82, 2.24) is 9.80 Å². The first-order valence-electron chi connectivity index (χ1n) is 8.65. The van der Waals surface area contributed by atoms with Crippen molar-refractivity contribution in [2.75, 3.05) is 32.8 Å². The fourth-order valence-corrected chi connectivity index (χ4v) is 3.36. The summed E-state index contributed by atoms with van der Waals surface area (Å²) >= 11 is 0. The molecule has 2 heterocycles.